The van der Waals surface area contributed by atoms with E-state index < -0.39 is 0 Å². The van der Waals surface area contributed by atoms with E-state index in [2.05, 4.69) is 45.2 Å². The van der Waals surface area contributed by atoms with Crippen LogP contribution in [0.4, 0.5) is 5.82 Å². The number of nitriles is 1. The molecule has 0 saturated heterocycles. The Bertz CT molecular complexity index is 758. The summed E-state index contributed by atoms with van der Waals surface area (Å²) < 4.78 is 5.56. The number of benzene rings is 1. The monoisotopic (exact) mass is 338 g/mol. The van der Waals surface area contributed by atoms with Crippen LogP contribution in [0.15, 0.2) is 24.3 Å². The second-order valence-corrected chi connectivity index (χ2v) is 5.92. The van der Waals surface area contributed by atoms with Crippen molar-refractivity contribution in [1.29, 1.82) is 5.26 Å². The lowest BCUT2D eigenvalue weighted by atomic mass is 10.0. The maximum Gasteiger partial charge on any atom is 0.237 e. The van der Waals surface area contributed by atoms with Gasteiger partial charge in [-0.1, -0.05) is 24.3 Å². The minimum atomic E-state index is -0.0393. The number of rotatable bonds is 5. The molecule has 0 fully saturated rings. The van der Waals surface area contributed by atoms with Crippen LogP contribution in [0, 0.1) is 11.3 Å². The zero-order chi connectivity index (χ0) is 17.6. The van der Waals surface area contributed by atoms with E-state index in [0.717, 1.165) is 25.9 Å². The van der Waals surface area contributed by atoms with Crippen LogP contribution in [0.5, 0.6) is 5.88 Å². The molecule has 1 aliphatic heterocycles. The Morgan fingerprint density at radius 2 is 1.88 bits per heavy atom. The first-order chi connectivity index (χ1) is 12.3. The summed E-state index contributed by atoms with van der Waals surface area (Å²) in [5.41, 5.74) is 3.06. The minimum Gasteiger partial charge on any atom is -0.477 e. The standard InChI is InChI=1S/C19H22N4O2/c1-2-25-19-16(13-20)18(21-17(22-19)9-12-24)23-10-7-14-5-3-4-6-15(14)8-11-23/h3-6,24H,2,7-12H2,1H3. The molecule has 1 N–H and O–H groups in total. The van der Waals surface area contributed by atoms with Crippen molar-refractivity contribution in [3.8, 4) is 11.9 Å². The molecule has 2 heterocycles. The van der Waals surface area contributed by atoms with E-state index in [9.17, 15) is 10.4 Å². The van der Waals surface area contributed by atoms with Crippen LogP contribution < -0.4 is 9.64 Å². The molecule has 0 spiro atoms. The van der Waals surface area contributed by atoms with Gasteiger partial charge in [0.1, 0.15) is 11.9 Å². The first-order valence-corrected chi connectivity index (χ1v) is 8.63. The fourth-order valence-electron chi connectivity index (χ4n) is 3.13. The maximum atomic E-state index is 9.64. The number of aliphatic hydroxyl groups excluding tert-OH is 1. The highest BCUT2D eigenvalue weighted by Crippen LogP contribution is 2.28. The Morgan fingerprint density at radius 3 is 2.44 bits per heavy atom. The molecule has 0 atom stereocenters. The van der Waals surface area contributed by atoms with E-state index in [1.807, 2.05) is 6.92 Å². The third-order valence-corrected chi connectivity index (χ3v) is 4.35. The van der Waals surface area contributed by atoms with Gasteiger partial charge in [0, 0.05) is 19.5 Å². The lowest BCUT2D eigenvalue weighted by Gasteiger charge is -2.23. The second-order valence-electron chi connectivity index (χ2n) is 5.92. The number of hydrogen-bond acceptors (Lipinski definition) is 6. The van der Waals surface area contributed by atoms with Crippen molar-refractivity contribution in [3.63, 3.8) is 0 Å². The topological polar surface area (TPSA) is 82.3 Å². The fourth-order valence-corrected chi connectivity index (χ4v) is 3.13. The smallest absolute Gasteiger partial charge is 0.237 e. The zero-order valence-electron chi connectivity index (χ0n) is 14.4. The molecule has 6 nitrogen and oxygen atoms in total. The highest BCUT2D eigenvalue weighted by Gasteiger charge is 2.22. The van der Waals surface area contributed by atoms with Crippen LogP contribution in [-0.4, -0.2) is 41.4 Å². The Hall–Kier alpha value is -2.65. The highest BCUT2D eigenvalue weighted by molar-refractivity contribution is 5.59. The molecule has 1 aromatic heterocycles. The number of fused-ring (bicyclic) bond motifs is 1. The molecule has 6 heteroatoms. The predicted molar refractivity (Wildman–Crippen MR) is 94.8 cm³/mol. The maximum absolute atomic E-state index is 9.64. The summed E-state index contributed by atoms with van der Waals surface area (Å²) in [5, 5.41) is 18.9. The second kappa shape index (κ2) is 7.95. The molecule has 1 aromatic carbocycles. The van der Waals surface area contributed by atoms with Crippen LogP contribution >= 0.6 is 0 Å². The van der Waals surface area contributed by atoms with Crippen molar-refractivity contribution in [2.24, 2.45) is 0 Å². The molecule has 25 heavy (non-hydrogen) atoms. The quantitative estimate of drug-likeness (QED) is 0.896. The molecule has 130 valence electrons. The van der Waals surface area contributed by atoms with Gasteiger partial charge >= 0.3 is 0 Å². The van der Waals surface area contributed by atoms with Gasteiger partial charge in [0.15, 0.2) is 11.4 Å². The van der Waals surface area contributed by atoms with Crippen molar-refractivity contribution < 1.29 is 9.84 Å². The summed E-state index contributed by atoms with van der Waals surface area (Å²) in [6.07, 6.45) is 2.15. The van der Waals surface area contributed by atoms with Crippen molar-refractivity contribution in [2.45, 2.75) is 26.2 Å². The Kier molecular flexibility index (Phi) is 5.46. The lowest BCUT2D eigenvalue weighted by Crippen LogP contribution is -2.28. The number of anilines is 1. The molecule has 0 radical (unpaired) electrons. The largest absolute Gasteiger partial charge is 0.477 e. The third kappa shape index (κ3) is 3.72. The van der Waals surface area contributed by atoms with Gasteiger partial charge < -0.3 is 14.7 Å². The van der Waals surface area contributed by atoms with E-state index >= 15 is 0 Å². The first kappa shape index (κ1) is 17.2. The molecular formula is C19H22N4O2. The summed E-state index contributed by atoms with van der Waals surface area (Å²) in [5.74, 6) is 1.42. The van der Waals surface area contributed by atoms with Crippen molar-refractivity contribution in [2.75, 3.05) is 31.2 Å². The Labute approximate surface area is 147 Å². The van der Waals surface area contributed by atoms with Gasteiger partial charge in [0.05, 0.1) is 13.2 Å². The third-order valence-electron chi connectivity index (χ3n) is 4.35. The normalized spacial score (nSPS) is 13.7. The van der Waals surface area contributed by atoms with E-state index in [1.165, 1.54) is 11.1 Å². The van der Waals surface area contributed by atoms with Crippen LogP contribution in [0.1, 0.15) is 29.4 Å². The number of ether oxygens (including phenoxy) is 1. The number of nitrogens with zero attached hydrogens (tertiary/aromatic N) is 4. The summed E-state index contributed by atoms with van der Waals surface area (Å²) in [4.78, 5) is 11.0. The van der Waals surface area contributed by atoms with Gasteiger partial charge in [0.25, 0.3) is 0 Å². The van der Waals surface area contributed by atoms with Crippen LogP contribution in [0.25, 0.3) is 0 Å². The van der Waals surface area contributed by atoms with Gasteiger partial charge in [-0.3, -0.25) is 0 Å². The summed E-state index contributed by atoms with van der Waals surface area (Å²) in [7, 11) is 0. The zero-order valence-corrected chi connectivity index (χ0v) is 14.4. The Balaban J connectivity index is 1.96. The van der Waals surface area contributed by atoms with Crippen LogP contribution in [-0.2, 0) is 19.3 Å². The molecule has 0 saturated carbocycles. The average Bonchev–Trinajstić information content (AvgIpc) is 2.84. The Morgan fingerprint density at radius 1 is 1.20 bits per heavy atom. The fraction of sp³-hybridized carbons (Fsp3) is 0.421. The average molecular weight is 338 g/mol. The van der Waals surface area contributed by atoms with Gasteiger partial charge in [-0.2, -0.15) is 10.2 Å². The molecule has 1 aliphatic rings. The van der Waals surface area contributed by atoms with Gasteiger partial charge in [-0.05, 0) is 30.9 Å². The summed E-state index contributed by atoms with van der Waals surface area (Å²) in [6.45, 7) is 3.81. The lowest BCUT2D eigenvalue weighted by molar-refractivity contribution is 0.293. The van der Waals surface area contributed by atoms with E-state index in [1.54, 1.807) is 0 Å². The number of aliphatic hydroxyl groups is 1. The van der Waals surface area contributed by atoms with Gasteiger partial charge in [0.2, 0.25) is 5.88 Å². The van der Waals surface area contributed by atoms with Crippen LogP contribution in [0.3, 0.4) is 0 Å². The van der Waals surface area contributed by atoms with Gasteiger partial charge in [-0.25, -0.2) is 4.98 Å². The summed E-state index contributed by atoms with van der Waals surface area (Å²) >= 11 is 0. The van der Waals surface area contributed by atoms with Crippen molar-refractivity contribution >= 4 is 5.82 Å². The van der Waals surface area contributed by atoms with E-state index in [4.69, 9.17) is 4.74 Å². The number of aromatic nitrogens is 2. The highest BCUT2D eigenvalue weighted by atomic mass is 16.5. The minimum absolute atomic E-state index is 0.0393. The molecule has 0 aliphatic carbocycles. The van der Waals surface area contributed by atoms with E-state index in [-0.39, 0.29) is 6.61 Å². The predicted octanol–water partition coefficient (Wildman–Crippen LogP) is 1.89. The SMILES string of the molecule is CCOc1nc(CCO)nc(N2CCc3ccccc3CC2)c1C#N. The molecule has 0 amide bonds. The molecular weight excluding hydrogens is 316 g/mol. The first-order valence-electron chi connectivity index (χ1n) is 8.63. The molecule has 2 aromatic rings. The molecule has 3 rings (SSSR count). The molecule has 0 unspecified atom stereocenters. The van der Waals surface area contributed by atoms with Crippen LogP contribution in [0.2, 0.25) is 0 Å². The van der Waals surface area contributed by atoms with Crippen molar-refractivity contribution in [1.82, 2.24) is 9.97 Å². The van der Waals surface area contributed by atoms with E-state index in [0.29, 0.717) is 36.1 Å². The van der Waals surface area contributed by atoms with Crippen molar-refractivity contribution in [3.05, 3.63) is 46.8 Å². The number of hydrogen-bond donors (Lipinski definition) is 1. The molecule has 0 bridgehead atoms. The summed E-state index contributed by atoms with van der Waals surface area (Å²) in [6, 6.07) is 10.6. The van der Waals surface area contributed by atoms with Gasteiger partial charge in [-0.15, -0.1) is 0 Å².